The lowest BCUT2D eigenvalue weighted by Crippen LogP contribution is -2.49. The molecule has 1 aliphatic heterocycles. The lowest BCUT2D eigenvalue weighted by molar-refractivity contribution is -0.141. The second kappa shape index (κ2) is 4.19. The number of carboxylic acid groups (broad SMARTS) is 1. The first-order valence-corrected chi connectivity index (χ1v) is 8.57. The molecule has 3 unspecified atom stereocenters. The molecule has 0 aromatic heterocycles. The molecule has 0 bridgehead atoms. The third-order valence-corrected chi connectivity index (χ3v) is 7.90. The van der Waals surface area contributed by atoms with Gasteiger partial charge >= 0.3 is 5.97 Å². The van der Waals surface area contributed by atoms with Gasteiger partial charge in [-0.3, -0.25) is 4.79 Å². The zero-order valence-corrected chi connectivity index (χ0v) is 12.0. The molecule has 3 fully saturated rings. The van der Waals surface area contributed by atoms with Gasteiger partial charge in [-0.2, -0.15) is 4.31 Å². The Morgan fingerprint density at radius 2 is 1.89 bits per heavy atom. The van der Waals surface area contributed by atoms with Gasteiger partial charge in [0.2, 0.25) is 10.0 Å². The van der Waals surface area contributed by atoms with Crippen molar-refractivity contribution in [2.24, 2.45) is 5.92 Å². The SMILES string of the molecule is CC1(S(=O)(=O)N2C(C(=O)O)CC3CCCCC32)CC1. The quantitative estimate of drug-likeness (QED) is 0.855. The van der Waals surface area contributed by atoms with Crippen molar-refractivity contribution in [2.75, 3.05) is 0 Å². The molecule has 1 saturated heterocycles. The highest BCUT2D eigenvalue weighted by Gasteiger charge is 2.60. The second-order valence-corrected chi connectivity index (χ2v) is 8.84. The standard InChI is InChI=1S/C13H21NO4S/c1-13(6-7-13)19(17,18)14-10-5-3-2-4-9(10)8-11(14)12(15)16/h9-11H,2-8H2,1H3,(H,15,16). The second-order valence-electron chi connectivity index (χ2n) is 6.49. The summed E-state index contributed by atoms with van der Waals surface area (Å²) in [5.41, 5.74) is 0. The molecular weight excluding hydrogens is 266 g/mol. The van der Waals surface area contributed by atoms with Gasteiger partial charge in [0.25, 0.3) is 0 Å². The molecule has 1 N–H and O–H groups in total. The maximum absolute atomic E-state index is 12.7. The number of fused-ring (bicyclic) bond motifs is 1. The van der Waals surface area contributed by atoms with E-state index in [0.717, 1.165) is 25.7 Å². The molecule has 0 amide bonds. The summed E-state index contributed by atoms with van der Waals surface area (Å²) in [7, 11) is -3.48. The number of rotatable bonds is 3. The number of carbonyl (C=O) groups is 1. The molecule has 3 atom stereocenters. The van der Waals surface area contributed by atoms with Crippen molar-refractivity contribution in [3.05, 3.63) is 0 Å². The number of sulfonamides is 1. The summed E-state index contributed by atoms with van der Waals surface area (Å²) in [5, 5.41) is 9.37. The molecule has 1 heterocycles. The molecule has 0 spiro atoms. The predicted octanol–water partition coefficient (Wildman–Crippen LogP) is 1.59. The highest BCUT2D eigenvalue weighted by atomic mass is 32.2. The number of aliphatic carboxylic acids is 1. The number of nitrogens with zero attached hydrogens (tertiary/aromatic N) is 1. The van der Waals surface area contributed by atoms with Gasteiger partial charge in [-0.15, -0.1) is 0 Å². The Hall–Kier alpha value is -0.620. The van der Waals surface area contributed by atoms with Crippen molar-refractivity contribution in [3.8, 4) is 0 Å². The summed E-state index contributed by atoms with van der Waals surface area (Å²) in [5.74, 6) is -0.741. The fraction of sp³-hybridized carbons (Fsp3) is 0.923. The number of carboxylic acids is 1. The van der Waals surface area contributed by atoms with Gasteiger partial charge in [0.05, 0.1) is 4.75 Å². The lowest BCUT2D eigenvalue weighted by Gasteiger charge is -2.34. The normalized spacial score (nSPS) is 37.8. The van der Waals surface area contributed by atoms with Gasteiger partial charge in [-0.05, 0) is 44.9 Å². The molecule has 0 radical (unpaired) electrons. The van der Waals surface area contributed by atoms with E-state index in [1.807, 2.05) is 0 Å². The summed E-state index contributed by atoms with van der Waals surface area (Å²) < 4.78 is 26.2. The largest absolute Gasteiger partial charge is 0.480 e. The zero-order chi connectivity index (χ0) is 13.8. The Morgan fingerprint density at radius 1 is 1.26 bits per heavy atom. The third-order valence-electron chi connectivity index (χ3n) is 5.17. The van der Waals surface area contributed by atoms with Gasteiger partial charge < -0.3 is 5.11 Å². The van der Waals surface area contributed by atoms with E-state index in [-0.39, 0.29) is 12.0 Å². The van der Waals surface area contributed by atoms with E-state index in [4.69, 9.17) is 0 Å². The predicted molar refractivity (Wildman–Crippen MR) is 70.2 cm³/mol. The van der Waals surface area contributed by atoms with Crippen LogP contribution in [0.25, 0.3) is 0 Å². The maximum atomic E-state index is 12.7. The van der Waals surface area contributed by atoms with Crippen LogP contribution < -0.4 is 0 Å². The highest BCUT2D eigenvalue weighted by molar-refractivity contribution is 7.90. The Balaban J connectivity index is 1.97. The lowest BCUT2D eigenvalue weighted by atomic mass is 9.85. The minimum absolute atomic E-state index is 0.0720. The van der Waals surface area contributed by atoms with Crippen molar-refractivity contribution in [2.45, 2.75) is 68.7 Å². The average Bonchev–Trinajstić information content (AvgIpc) is 2.99. The van der Waals surface area contributed by atoms with E-state index in [9.17, 15) is 18.3 Å². The molecular formula is C13H21NO4S. The minimum atomic E-state index is -3.48. The monoisotopic (exact) mass is 287 g/mol. The first-order valence-electron chi connectivity index (χ1n) is 7.13. The third kappa shape index (κ3) is 1.91. The molecule has 5 nitrogen and oxygen atoms in total. The molecule has 0 aromatic rings. The molecule has 0 aromatic carbocycles. The maximum Gasteiger partial charge on any atom is 0.322 e. The van der Waals surface area contributed by atoms with Gasteiger partial charge in [-0.25, -0.2) is 8.42 Å². The van der Waals surface area contributed by atoms with E-state index >= 15 is 0 Å². The Morgan fingerprint density at radius 3 is 2.47 bits per heavy atom. The first-order chi connectivity index (χ1) is 8.87. The van der Waals surface area contributed by atoms with E-state index in [0.29, 0.717) is 19.3 Å². The van der Waals surface area contributed by atoms with Crippen LogP contribution in [0.2, 0.25) is 0 Å². The van der Waals surface area contributed by atoms with E-state index in [1.54, 1.807) is 6.92 Å². The van der Waals surface area contributed by atoms with Gasteiger partial charge in [0, 0.05) is 6.04 Å². The summed E-state index contributed by atoms with van der Waals surface area (Å²) >= 11 is 0. The first kappa shape index (κ1) is 13.4. The van der Waals surface area contributed by atoms with Crippen LogP contribution in [-0.4, -0.2) is 40.6 Å². The van der Waals surface area contributed by atoms with Crippen molar-refractivity contribution in [3.63, 3.8) is 0 Å². The highest BCUT2D eigenvalue weighted by Crippen LogP contribution is 2.50. The van der Waals surface area contributed by atoms with Crippen LogP contribution in [0.5, 0.6) is 0 Å². The summed E-state index contributed by atoms with van der Waals surface area (Å²) in [6.45, 7) is 1.75. The van der Waals surface area contributed by atoms with Crippen LogP contribution in [0.1, 0.15) is 51.9 Å². The van der Waals surface area contributed by atoms with Crippen molar-refractivity contribution >= 4 is 16.0 Å². The van der Waals surface area contributed by atoms with E-state index < -0.39 is 26.8 Å². The summed E-state index contributed by atoms with van der Waals surface area (Å²) in [6, 6.07) is -0.909. The van der Waals surface area contributed by atoms with Gasteiger partial charge in [0.1, 0.15) is 6.04 Å². The minimum Gasteiger partial charge on any atom is -0.480 e. The number of hydrogen-bond donors (Lipinski definition) is 1. The molecule has 2 saturated carbocycles. The van der Waals surface area contributed by atoms with Gasteiger partial charge in [0.15, 0.2) is 0 Å². The van der Waals surface area contributed by atoms with Crippen molar-refractivity contribution in [1.82, 2.24) is 4.31 Å². The van der Waals surface area contributed by atoms with Crippen LogP contribution >= 0.6 is 0 Å². The average molecular weight is 287 g/mol. The Labute approximate surface area is 114 Å². The van der Waals surface area contributed by atoms with Crippen LogP contribution in [0.15, 0.2) is 0 Å². The molecule has 2 aliphatic carbocycles. The number of hydrogen-bond acceptors (Lipinski definition) is 3. The Bertz CT molecular complexity index is 497. The fourth-order valence-corrected chi connectivity index (χ4v) is 5.94. The van der Waals surface area contributed by atoms with Crippen molar-refractivity contribution < 1.29 is 18.3 Å². The van der Waals surface area contributed by atoms with Crippen LogP contribution in [-0.2, 0) is 14.8 Å². The van der Waals surface area contributed by atoms with Crippen LogP contribution in [0.4, 0.5) is 0 Å². The van der Waals surface area contributed by atoms with E-state index in [1.165, 1.54) is 4.31 Å². The van der Waals surface area contributed by atoms with Crippen LogP contribution in [0.3, 0.4) is 0 Å². The summed E-state index contributed by atoms with van der Waals surface area (Å²) in [6.07, 6.45) is 5.72. The topological polar surface area (TPSA) is 74.7 Å². The Kier molecular flexibility index (Phi) is 2.94. The molecule has 3 aliphatic rings. The van der Waals surface area contributed by atoms with Crippen molar-refractivity contribution in [1.29, 1.82) is 0 Å². The molecule has 19 heavy (non-hydrogen) atoms. The molecule has 108 valence electrons. The molecule has 3 rings (SSSR count). The zero-order valence-electron chi connectivity index (χ0n) is 11.2. The summed E-state index contributed by atoms with van der Waals surface area (Å²) in [4.78, 5) is 11.4. The fourth-order valence-electron chi connectivity index (χ4n) is 3.66. The van der Waals surface area contributed by atoms with Crippen LogP contribution in [0, 0.1) is 5.92 Å². The van der Waals surface area contributed by atoms with Gasteiger partial charge in [-0.1, -0.05) is 12.8 Å². The molecule has 6 heteroatoms. The smallest absolute Gasteiger partial charge is 0.322 e. The van der Waals surface area contributed by atoms with E-state index in [2.05, 4.69) is 0 Å².